The minimum Gasteiger partial charge on any atom is -0.598 e. The first-order chi connectivity index (χ1) is 7.47. The molecule has 0 aliphatic rings. The van der Waals surface area contributed by atoms with Gasteiger partial charge in [0.05, 0.1) is 6.04 Å². The minimum atomic E-state index is -1.03. The summed E-state index contributed by atoms with van der Waals surface area (Å²) in [7, 11) is 0. The van der Waals surface area contributed by atoms with E-state index in [-0.39, 0.29) is 23.6 Å². The number of nitrogens with two attached hydrogens (primary N) is 1. The van der Waals surface area contributed by atoms with E-state index in [1.165, 1.54) is 0 Å². The second-order valence-corrected chi connectivity index (χ2v) is 5.73. The van der Waals surface area contributed by atoms with Crippen LogP contribution in [-0.4, -0.2) is 21.8 Å². The molecule has 0 spiro atoms. The van der Waals surface area contributed by atoms with Crippen LogP contribution in [0, 0.1) is 0 Å². The lowest BCUT2D eigenvalue weighted by atomic mass is 10.1. The fraction of sp³-hybridized carbons (Fsp3) is 0.727. The maximum absolute atomic E-state index is 11.6. The molecule has 5 heteroatoms. The molecule has 0 saturated carbocycles. The highest BCUT2D eigenvalue weighted by Crippen LogP contribution is 2.05. The molecule has 0 aromatic rings. The SMILES string of the molecule is CCCC(/C=C\CC(N)=O)N[S@@+]([O-])C(C)C. The van der Waals surface area contributed by atoms with E-state index in [1.54, 1.807) is 6.08 Å². The molecule has 0 radical (unpaired) electrons. The molecule has 1 unspecified atom stereocenters. The summed E-state index contributed by atoms with van der Waals surface area (Å²) in [5, 5.41) is 0.0869. The molecule has 0 saturated heterocycles. The van der Waals surface area contributed by atoms with Crippen molar-refractivity contribution in [2.45, 2.75) is 51.3 Å². The zero-order chi connectivity index (χ0) is 12.6. The number of hydrogen-bond acceptors (Lipinski definition) is 3. The Morgan fingerprint density at radius 3 is 2.62 bits per heavy atom. The van der Waals surface area contributed by atoms with Gasteiger partial charge in [0.2, 0.25) is 5.91 Å². The smallest absolute Gasteiger partial charge is 0.221 e. The second-order valence-electron chi connectivity index (χ2n) is 3.96. The summed E-state index contributed by atoms with van der Waals surface area (Å²) < 4.78 is 14.6. The molecule has 0 bridgehead atoms. The van der Waals surface area contributed by atoms with E-state index in [9.17, 15) is 9.35 Å². The zero-order valence-electron chi connectivity index (χ0n) is 10.2. The fourth-order valence-corrected chi connectivity index (χ4v) is 1.91. The molecule has 0 aromatic carbocycles. The van der Waals surface area contributed by atoms with Crippen molar-refractivity contribution in [2.75, 3.05) is 0 Å². The maximum atomic E-state index is 11.6. The van der Waals surface area contributed by atoms with Gasteiger partial charge in [0.25, 0.3) is 0 Å². The van der Waals surface area contributed by atoms with Gasteiger partial charge in [-0.15, -0.1) is 4.72 Å². The third-order valence-electron chi connectivity index (χ3n) is 1.98. The van der Waals surface area contributed by atoms with Crippen molar-refractivity contribution < 1.29 is 9.35 Å². The highest BCUT2D eigenvalue weighted by atomic mass is 32.2. The zero-order valence-corrected chi connectivity index (χ0v) is 11.0. The molecule has 2 atom stereocenters. The highest BCUT2D eigenvalue weighted by Gasteiger charge is 2.16. The van der Waals surface area contributed by atoms with E-state index in [0.717, 1.165) is 12.8 Å². The van der Waals surface area contributed by atoms with Crippen molar-refractivity contribution in [3.63, 3.8) is 0 Å². The number of nitrogens with one attached hydrogen (secondary N) is 1. The quantitative estimate of drug-likeness (QED) is 0.500. The molecule has 0 heterocycles. The van der Waals surface area contributed by atoms with Crippen LogP contribution >= 0.6 is 0 Å². The number of hydrogen-bond donors (Lipinski definition) is 2. The van der Waals surface area contributed by atoms with E-state index in [2.05, 4.69) is 11.6 Å². The first-order valence-electron chi connectivity index (χ1n) is 5.59. The largest absolute Gasteiger partial charge is 0.598 e. The summed E-state index contributed by atoms with van der Waals surface area (Å²) in [6.45, 7) is 5.87. The molecule has 4 nitrogen and oxygen atoms in total. The Morgan fingerprint density at radius 2 is 2.19 bits per heavy atom. The van der Waals surface area contributed by atoms with E-state index >= 15 is 0 Å². The predicted molar refractivity (Wildman–Crippen MR) is 68.1 cm³/mol. The summed E-state index contributed by atoms with van der Waals surface area (Å²) in [5.74, 6) is -0.350. The topological polar surface area (TPSA) is 78.2 Å². The molecular weight excluding hydrogens is 224 g/mol. The molecule has 0 aliphatic heterocycles. The molecule has 0 rings (SSSR count). The number of amides is 1. The molecular formula is C11H22N2O2S. The van der Waals surface area contributed by atoms with Crippen molar-refractivity contribution in [3.05, 3.63) is 12.2 Å². The van der Waals surface area contributed by atoms with Crippen LogP contribution in [0.5, 0.6) is 0 Å². The van der Waals surface area contributed by atoms with Gasteiger partial charge in [-0.3, -0.25) is 4.79 Å². The Morgan fingerprint density at radius 1 is 1.56 bits per heavy atom. The maximum Gasteiger partial charge on any atom is 0.221 e. The van der Waals surface area contributed by atoms with Gasteiger partial charge in [-0.1, -0.05) is 25.5 Å². The average molecular weight is 246 g/mol. The molecule has 94 valence electrons. The summed E-state index contributed by atoms with van der Waals surface area (Å²) in [6.07, 6.45) is 5.72. The Kier molecular flexibility index (Phi) is 8.33. The van der Waals surface area contributed by atoms with Gasteiger partial charge in [0, 0.05) is 17.8 Å². The third-order valence-corrected chi connectivity index (χ3v) is 3.37. The van der Waals surface area contributed by atoms with Gasteiger partial charge < -0.3 is 10.3 Å². The molecule has 1 amide bonds. The van der Waals surface area contributed by atoms with Gasteiger partial charge in [-0.25, -0.2) is 0 Å². The van der Waals surface area contributed by atoms with Gasteiger partial charge >= 0.3 is 0 Å². The average Bonchev–Trinajstić information content (AvgIpc) is 2.17. The molecule has 16 heavy (non-hydrogen) atoms. The van der Waals surface area contributed by atoms with Crippen molar-refractivity contribution in [1.29, 1.82) is 0 Å². The summed E-state index contributed by atoms with van der Waals surface area (Å²) in [6, 6.07) is 0.0487. The van der Waals surface area contributed by atoms with Crippen LogP contribution in [-0.2, 0) is 16.2 Å². The van der Waals surface area contributed by atoms with Crippen LogP contribution in [0.1, 0.15) is 40.0 Å². The second kappa shape index (κ2) is 8.61. The minimum absolute atomic E-state index is 0.0487. The number of rotatable bonds is 8. The lowest BCUT2D eigenvalue weighted by molar-refractivity contribution is -0.117. The Bertz CT molecular complexity index is 232. The van der Waals surface area contributed by atoms with Gasteiger partial charge in [0.1, 0.15) is 5.25 Å². The summed E-state index contributed by atoms with van der Waals surface area (Å²) in [4.78, 5) is 10.6. The Hall–Kier alpha value is -0.520. The van der Waals surface area contributed by atoms with Crippen molar-refractivity contribution in [3.8, 4) is 0 Å². The van der Waals surface area contributed by atoms with Crippen LogP contribution in [0.25, 0.3) is 0 Å². The van der Waals surface area contributed by atoms with E-state index < -0.39 is 11.4 Å². The Balaban J connectivity index is 4.15. The van der Waals surface area contributed by atoms with Gasteiger partial charge in [-0.05, 0) is 20.3 Å². The van der Waals surface area contributed by atoms with Crippen LogP contribution in [0.3, 0.4) is 0 Å². The van der Waals surface area contributed by atoms with Crippen LogP contribution < -0.4 is 10.5 Å². The van der Waals surface area contributed by atoms with Crippen molar-refractivity contribution in [1.82, 2.24) is 4.72 Å². The van der Waals surface area contributed by atoms with E-state index in [1.807, 2.05) is 19.9 Å². The van der Waals surface area contributed by atoms with Crippen molar-refractivity contribution in [2.24, 2.45) is 5.73 Å². The standard InChI is InChI=1S/C11H22N2O2S/c1-4-6-10(7-5-8-11(12)14)13-16(15)9(2)3/h5,7,9-10,13H,4,6,8H2,1-3H3,(H2,12,14)/b7-5-/t10?,16-/m0/s1. The number of carbonyl (C=O) groups is 1. The number of carbonyl (C=O) groups excluding carboxylic acids is 1. The Labute approximate surface area is 101 Å². The third kappa shape index (κ3) is 7.73. The van der Waals surface area contributed by atoms with Crippen LogP contribution in [0.2, 0.25) is 0 Å². The molecule has 3 N–H and O–H groups in total. The van der Waals surface area contributed by atoms with E-state index in [0.29, 0.717) is 0 Å². The van der Waals surface area contributed by atoms with Crippen LogP contribution in [0.4, 0.5) is 0 Å². The number of primary amides is 1. The lowest BCUT2D eigenvalue weighted by Gasteiger charge is -2.19. The van der Waals surface area contributed by atoms with Gasteiger partial charge in [-0.2, -0.15) is 0 Å². The summed E-state index contributed by atoms with van der Waals surface area (Å²) in [5.41, 5.74) is 5.03. The molecule has 0 aliphatic carbocycles. The van der Waals surface area contributed by atoms with Crippen LogP contribution in [0.15, 0.2) is 12.2 Å². The normalized spacial score (nSPS) is 15.6. The molecule has 0 fully saturated rings. The van der Waals surface area contributed by atoms with Gasteiger partial charge in [0.15, 0.2) is 0 Å². The first kappa shape index (κ1) is 15.5. The molecule has 0 aromatic heterocycles. The predicted octanol–water partition coefficient (Wildman–Crippen LogP) is 1.25. The highest BCUT2D eigenvalue weighted by molar-refractivity contribution is 7.90. The lowest BCUT2D eigenvalue weighted by Crippen LogP contribution is -2.38. The van der Waals surface area contributed by atoms with Crippen molar-refractivity contribution >= 4 is 17.3 Å². The monoisotopic (exact) mass is 246 g/mol. The first-order valence-corrected chi connectivity index (χ1v) is 6.80. The van der Waals surface area contributed by atoms with E-state index in [4.69, 9.17) is 5.73 Å². The fourth-order valence-electron chi connectivity index (χ4n) is 1.14. The summed E-state index contributed by atoms with van der Waals surface area (Å²) >= 11 is -1.03.